The zero-order valence-electron chi connectivity index (χ0n) is 7.67. The monoisotopic (exact) mass is 276 g/mol. The van der Waals surface area contributed by atoms with Crippen LogP contribution in [0.25, 0.3) is 0 Å². The van der Waals surface area contributed by atoms with Gasteiger partial charge in [0.2, 0.25) is 5.78 Å². The smallest absolute Gasteiger partial charge is 0.331 e. The van der Waals surface area contributed by atoms with Crippen molar-refractivity contribution in [3.63, 3.8) is 0 Å². The van der Waals surface area contributed by atoms with Crippen molar-refractivity contribution in [3.8, 4) is 0 Å². The van der Waals surface area contributed by atoms with Gasteiger partial charge in [0, 0.05) is 0 Å². The molecule has 0 aliphatic heterocycles. The van der Waals surface area contributed by atoms with E-state index in [4.69, 9.17) is 51.4 Å². The summed E-state index contributed by atoms with van der Waals surface area (Å²) in [5.41, 5.74) is 8.38. The maximum absolute atomic E-state index is 11.5. The van der Waals surface area contributed by atoms with Gasteiger partial charge in [-0.15, -0.1) is 0 Å². The summed E-state index contributed by atoms with van der Waals surface area (Å²) in [5.74, 6) is -2.70. The molecular formula is C7H11Cl3N2O3. The minimum Gasteiger partial charge on any atom is -0.480 e. The van der Waals surface area contributed by atoms with Crippen LogP contribution in [0, 0.1) is 0 Å². The summed E-state index contributed by atoms with van der Waals surface area (Å²) in [7, 11) is 0. The lowest BCUT2D eigenvalue weighted by Crippen LogP contribution is -2.59. The summed E-state index contributed by atoms with van der Waals surface area (Å²) in [5, 5.41) is 8.83. The lowest BCUT2D eigenvalue weighted by molar-refractivity contribution is -0.148. The first-order chi connectivity index (χ1) is 6.66. The lowest BCUT2D eigenvalue weighted by Gasteiger charge is -2.26. The molecule has 0 aliphatic carbocycles. The molecule has 15 heavy (non-hydrogen) atoms. The van der Waals surface area contributed by atoms with Gasteiger partial charge in [0.05, 0.1) is 0 Å². The van der Waals surface area contributed by atoms with Gasteiger partial charge in [-0.3, -0.25) is 4.79 Å². The van der Waals surface area contributed by atoms with Gasteiger partial charge in [-0.2, -0.15) is 0 Å². The third-order valence-corrected chi connectivity index (χ3v) is 2.33. The van der Waals surface area contributed by atoms with Crippen LogP contribution < -0.4 is 11.5 Å². The van der Waals surface area contributed by atoms with E-state index >= 15 is 0 Å². The summed E-state index contributed by atoms with van der Waals surface area (Å²) < 4.78 is -2.35. The molecule has 8 heteroatoms. The van der Waals surface area contributed by atoms with Crippen LogP contribution in [0.15, 0.2) is 0 Å². The molecule has 0 aliphatic rings. The van der Waals surface area contributed by atoms with Crippen molar-refractivity contribution in [1.82, 2.24) is 0 Å². The molecule has 0 aromatic heterocycles. The fourth-order valence-corrected chi connectivity index (χ4v) is 1.46. The summed E-state index contributed by atoms with van der Waals surface area (Å²) in [6.45, 7) is 0.194. The number of carboxylic acids is 1. The van der Waals surface area contributed by atoms with Gasteiger partial charge in [0.15, 0.2) is 5.54 Å². The Labute approximate surface area is 102 Å². The fraction of sp³-hybridized carbons (Fsp3) is 0.714. The van der Waals surface area contributed by atoms with Gasteiger partial charge in [0.1, 0.15) is 0 Å². The molecule has 0 saturated heterocycles. The van der Waals surface area contributed by atoms with E-state index in [2.05, 4.69) is 0 Å². The van der Waals surface area contributed by atoms with Gasteiger partial charge >= 0.3 is 5.97 Å². The Morgan fingerprint density at radius 1 is 1.27 bits per heavy atom. The number of ketones is 1. The zero-order valence-corrected chi connectivity index (χ0v) is 9.94. The molecule has 5 nitrogen and oxygen atoms in total. The molecule has 0 fully saturated rings. The van der Waals surface area contributed by atoms with Crippen LogP contribution in [0.3, 0.4) is 0 Å². The quantitative estimate of drug-likeness (QED) is 0.499. The van der Waals surface area contributed by atoms with Gasteiger partial charge in [-0.25, -0.2) is 4.79 Å². The standard InChI is InChI=1S/C7H11Cl3N2O3/c8-7(9,10)4(13)6(12,5(14)15)2-1-3-11/h1-3,11-12H2,(H,14,15)/t6-/m0/s1. The van der Waals surface area contributed by atoms with E-state index < -0.39 is 21.1 Å². The summed E-state index contributed by atoms with van der Waals surface area (Å²) in [6, 6.07) is 0. The Morgan fingerprint density at radius 3 is 2.00 bits per heavy atom. The number of aliphatic carboxylic acids is 1. The van der Waals surface area contributed by atoms with Crippen molar-refractivity contribution >= 4 is 46.6 Å². The van der Waals surface area contributed by atoms with Gasteiger partial charge in [-0.05, 0) is 19.4 Å². The predicted molar refractivity (Wildman–Crippen MR) is 58.1 cm³/mol. The number of nitrogens with two attached hydrogens (primary N) is 2. The highest BCUT2D eigenvalue weighted by molar-refractivity contribution is 6.77. The largest absolute Gasteiger partial charge is 0.480 e. The number of hydrogen-bond donors (Lipinski definition) is 3. The highest BCUT2D eigenvalue weighted by Crippen LogP contribution is 2.32. The number of halogens is 3. The highest BCUT2D eigenvalue weighted by Gasteiger charge is 2.50. The van der Waals surface area contributed by atoms with Crippen LogP contribution >= 0.6 is 34.8 Å². The van der Waals surface area contributed by atoms with Crippen LogP contribution in [-0.4, -0.2) is 32.7 Å². The molecule has 0 bridgehead atoms. The maximum atomic E-state index is 11.5. The predicted octanol–water partition coefficient (Wildman–Crippen LogP) is 0.447. The summed E-state index contributed by atoms with van der Waals surface area (Å²) in [4.78, 5) is 22.3. The van der Waals surface area contributed by atoms with Crippen molar-refractivity contribution in [2.75, 3.05) is 6.54 Å². The number of carbonyl (C=O) groups is 2. The fourth-order valence-electron chi connectivity index (χ4n) is 0.951. The SMILES string of the molecule is NCCC[C@@](N)(C(=O)O)C(=O)C(Cl)(Cl)Cl. The second kappa shape index (κ2) is 5.32. The topological polar surface area (TPSA) is 106 Å². The number of alkyl halides is 3. The molecule has 0 amide bonds. The molecular weight excluding hydrogens is 266 g/mol. The average molecular weight is 278 g/mol. The molecule has 88 valence electrons. The van der Waals surface area contributed by atoms with E-state index in [1.165, 1.54) is 0 Å². The number of carbonyl (C=O) groups excluding carboxylic acids is 1. The second-order valence-electron chi connectivity index (χ2n) is 3.00. The normalized spacial score (nSPS) is 15.8. The Bertz CT molecular complexity index is 267. The second-order valence-corrected chi connectivity index (χ2v) is 5.28. The number of Topliss-reactive ketones (excluding diaryl/α,β-unsaturated/α-hetero) is 1. The van der Waals surface area contributed by atoms with E-state index in [-0.39, 0.29) is 19.4 Å². The molecule has 0 heterocycles. The van der Waals surface area contributed by atoms with Crippen molar-refractivity contribution in [2.45, 2.75) is 22.2 Å². The molecule has 0 rings (SSSR count). The van der Waals surface area contributed by atoms with Crippen LogP contribution in [0.4, 0.5) is 0 Å². The highest BCUT2D eigenvalue weighted by atomic mass is 35.6. The third-order valence-electron chi connectivity index (χ3n) is 1.82. The van der Waals surface area contributed by atoms with Crippen molar-refractivity contribution in [3.05, 3.63) is 0 Å². The van der Waals surface area contributed by atoms with Crippen molar-refractivity contribution < 1.29 is 14.7 Å². The van der Waals surface area contributed by atoms with E-state index in [1.807, 2.05) is 0 Å². The average Bonchev–Trinajstić information content (AvgIpc) is 2.11. The van der Waals surface area contributed by atoms with Crippen molar-refractivity contribution in [1.29, 1.82) is 0 Å². The van der Waals surface area contributed by atoms with Crippen LogP contribution in [-0.2, 0) is 9.59 Å². The summed E-state index contributed by atoms with van der Waals surface area (Å²) in [6.07, 6.45) is 0.0703. The molecule has 0 spiro atoms. The first-order valence-corrected chi connectivity index (χ1v) is 5.13. The van der Waals surface area contributed by atoms with E-state index in [0.29, 0.717) is 0 Å². The van der Waals surface area contributed by atoms with E-state index in [9.17, 15) is 9.59 Å². The summed E-state index contributed by atoms with van der Waals surface area (Å²) >= 11 is 15.9. The molecule has 0 unspecified atom stereocenters. The van der Waals surface area contributed by atoms with Crippen LogP contribution in [0.1, 0.15) is 12.8 Å². The molecule has 0 saturated carbocycles. The zero-order chi connectivity index (χ0) is 12.3. The number of hydrogen-bond acceptors (Lipinski definition) is 4. The Hall–Kier alpha value is -0.0700. The molecule has 1 atom stereocenters. The first kappa shape index (κ1) is 14.9. The molecule has 0 radical (unpaired) electrons. The Kier molecular flexibility index (Phi) is 5.29. The number of rotatable bonds is 5. The maximum Gasteiger partial charge on any atom is 0.331 e. The Morgan fingerprint density at radius 2 is 1.73 bits per heavy atom. The van der Waals surface area contributed by atoms with Crippen molar-refractivity contribution in [2.24, 2.45) is 11.5 Å². The van der Waals surface area contributed by atoms with Gasteiger partial charge in [-0.1, -0.05) is 34.8 Å². The molecule has 0 aromatic carbocycles. The van der Waals surface area contributed by atoms with Crippen LogP contribution in [0.5, 0.6) is 0 Å². The van der Waals surface area contributed by atoms with E-state index in [1.54, 1.807) is 0 Å². The Balaban J connectivity index is 4.95. The minimum absolute atomic E-state index is 0.175. The molecule has 5 N–H and O–H groups in total. The van der Waals surface area contributed by atoms with Gasteiger partial charge < -0.3 is 16.6 Å². The number of carboxylic acid groups (broad SMARTS) is 1. The van der Waals surface area contributed by atoms with Gasteiger partial charge in [0.25, 0.3) is 3.79 Å². The molecule has 0 aromatic rings. The van der Waals surface area contributed by atoms with E-state index in [0.717, 1.165) is 0 Å². The van der Waals surface area contributed by atoms with Crippen LogP contribution in [0.2, 0.25) is 0 Å². The third kappa shape index (κ3) is 3.77. The minimum atomic E-state index is -2.35. The first-order valence-electron chi connectivity index (χ1n) is 4.00. The lowest BCUT2D eigenvalue weighted by atomic mass is 9.90.